The summed E-state index contributed by atoms with van der Waals surface area (Å²) < 4.78 is 28.0. The first-order valence-electron chi connectivity index (χ1n) is 7.21. The number of benzene rings is 1. The first-order valence-corrected chi connectivity index (χ1v) is 9.46. The molecule has 0 aliphatic rings. The lowest BCUT2D eigenvalue weighted by Crippen LogP contribution is -2.35. The summed E-state index contributed by atoms with van der Waals surface area (Å²) in [6.45, 7) is 5.37. The zero-order chi connectivity index (χ0) is 16.3. The number of nitrogens with two attached hydrogens (primary N) is 2. The van der Waals surface area contributed by atoms with Crippen LogP contribution in [0.4, 0.5) is 5.13 Å². The average Bonchev–Trinajstić information content (AvgIpc) is 2.81. The highest BCUT2D eigenvalue weighted by Crippen LogP contribution is 2.27. The number of anilines is 1. The Morgan fingerprint density at radius 1 is 1.36 bits per heavy atom. The van der Waals surface area contributed by atoms with Gasteiger partial charge in [-0.2, -0.15) is 4.31 Å². The van der Waals surface area contributed by atoms with Crippen molar-refractivity contribution < 1.29 is 8.42 Å². The van der Waals surface area contributed by atoms with E-state index in [1.807, 2.05) is 13.8 Å². The summed E-state index contributed by atoms with van der Waals surface area (Å²) in [5, 5.41) is 0.437. The molecule has 0 saturated heterocycles. The minimum Gasteiger partial charge on any atom is -0.375 e. The molecule has 0 atom stereocenters. The number of hydrogen-bond acceptors (Lipinski definition) is 6. The molecule has 8 heteroatoms. The van der Waals surface area contributed by atoms with Crippen LogP contribution in [0.1, 0.15) is 20.3 Å². The second kappa shape index (κ2) is 6.91. The monoisotopic (exact) mass is 342 g/mol. The molecule has 4 N–H and O–H groups in total. The molecule has 6 nitrogen and oxygen atoms in total. The standard InChI is InChI=1S/C14H22N4O2S2/c1-10(2)9-18(7-3-6-15)22(19,20)11-4-5-12-13(8-11)21-14(16)17-12/h4-5,8,10H,3,6-7,9,15H2,1-2H3,(H2,16,17). The van der Waals surface area contributed by atoms with Crippen molar-refractivity contribution in [3.8, 4) is 0 Å². The van der Waals surface area contributed by atoms with E-state index in [1.54, 1.807) is 18.2 Å². The SMILES string of the molecule is CC(C)CN(CCCN)S(=O)(=O)c1ccc2nc(N)sc2c1. The third-order valence-electron chi connectivity index (χ3n) is 3.19. The zero-order valence-electron chi connectivity index (χ0n) is 12.8. The molecule has 1 heterocycles. The van der Waals surface area contributed by atoms with Crippen molar-refractivity contribution in [3.05, 3.63) is 18.2 Å². The molecule has 2 rings (SSSR count). The number of hydrogen-bond donors (Lipinski definition) is 2. The Morgan fingerprint density at radius 2 is 2.09 bits per heavy atom. The summed E-state index contributed by atoms with van der Waals surface area (Å²) >= 11 is 1.29. The van der Waals surface area contributed by atoms with Crippen LogP contribution in [0.5, 0.6) is 0 Å². The van der Waals surface area contributed by atoms with Gasteiger partial charge in [-0.05, 0) is 37.1 Å². The Bertz CT molecular complexity index is 740. The number of nitrogens with zero attached hydrogens (tertiary/aromatic N) is 2. The van der Waals surface area contributed by atoms with Crippen LogP contribution in [0.15, 0.2) is 23.1 Å². The predicted molar refractivity (Wildman–Crippen MR) is 91.3 cm³/mol. The van der Waals surface area contributed by atoms with Crippen LogP contribution < -0.4 is 11.5 Å². The van der Waals surface area contributed by atoms with Gasteiger partial charge in [0.25, 0.3) is 0 Å². The molecule has 0 saturated carbocycles. The maximum atomic E-state index is 12.9. The highest BCUT2D eigenvalue weighted by atomic mass is 32.2. The molecule has 0 amide bonds. The minimum absolute atomic E-state index is 0.246. The van der Waals surface area contributed by atoms with E-state index in [0.717, 1.165) is 10.2 Å². The number of fused-ring (bicyclic) bond motifs is 1. The molecule has 0 radical (unpaired) electrons. The normalized spacial score (nSPS) is 12.6. The van der Waals surface area contributed by atoms with Crippen molar-refractivity contribution in [2.24, 2.45) is 11.7 Å². The molecule has 2 aromatic rings. The third kappa shape index (κ3) is 3.75. The molecule has 0 aliphatic carbocycles. The fourth-order valence-corrected chi connectivity index (χ4v) is 4.73. The molecule has 0 spiro atoms. The Hall–Kier alpha value is -1.22. The van der Waals surface area contributed by atoms with Gasteiger partial charge in [-0.25, -0.2) is 13.4 Å². The van der Waals surface area contributed by atoms with E-state index >= 15 is 0 Å². The summed E-state index contributed by atoms with van der Waals surface area (Å²) in [5.74, 6) is 0.246. The van der Waals surface area contributed by atoms with Gasteiger partial charge in [-0.1, -0.05) is 25.2 Å². The first-order chi connectivity index (χ1) is 10.3. The van der Waals surface area contributed by atoms with E-state index in [2.05, 4.69) is 4.98 Å². The Kier molecular flexibility index (Phi) is 5.38. The van der Waals surface area contributed by atoms with Crippen molar-refractivity contribution in [1.29, 1.82) is 0 Å². The minimum atomic E-state index is -3.53. The zero-order valence-corrected chi connectivity index (χ0v) is 14.5. The van der Waals surface area contributed by atoms with Gasteiger partial charge in [0.1, 0.15) is 0 Å². The molecule has 0 unspecified atom stereocenters. The molecule has 22 heavy (non-hydrogen) atoms. The highest BCUT2D eigenvalue weighted by Gasteiger charge is 2.25. The summed E-state index contributed by atoms with van der Waals surface area (Å²) in [7, 11) is -3.53. The predicted octanol–water partition coefficient (Wildman–Crippen LogP) is 1.87. The summed E-state index contributed by atoms with van der Waals surface area (Å²) in [4.78, 5) is 4.43. The molecule has 1 aromatic carbocycles. The van der Waals surface area contributed by atoms with Gasteiger partial charge >= 0.3 is 0 Å². The lowest BCUT2D eigenvalue weighted by atomic mass is 10.2. The van der Waals surface area contributed by atoms with E-state index in [-0.39, 0.29) is 10.8 Å². The number of nitrogen functional groups attached to an aromatic ring is 1. The number of rotatable bonds is 7. The third-order valence-corrected chi connectivity index (χ3v) is 5.90. The molecular weight excluding hydrogens is 320 g/mol. The fourth-order valence-electron chi connectivity index (χ4n) is 2.22. The van der Waals surface area contributed by atoms with E-state index < -0.39 is 10.0 Å². The topological polar surface area (TPSA) is 102 Å². The summed E-state index contributed by atoms with van der Waals surface area (Å²) in [6.07, 6.45) is 0.641. The van der Waals surface area contributed by atoms with Crippen LogP contribution in [-0.2, 0) is 10.0 Å². The van der Waals surface area contributed by atoms with Crippen molar-refractivity contribution in [2.75, 3.05) is 25.4 Å². The number of aromatic nitrogens is 1. The van der Waals surface area contributed by atoms with Crippen molar-refractivity contribution >= 4 is 36.7 Å². The number of sulfonamides is 1. The van der Waals surface area contributed by atoms with Crippen molar-refractivity contribution in [1.82, 2.24) is 9.29 Å². The second-order valence-electron chi connectivity index (χ2n) is 5.58. The molecule has 122 valence electrons. The number of thiazole rings is 1. The largest absolute Gasteiger partial charge is 0.375 e. The van der Waals surface area contributed by atoms with Gasteiger partial charge in [-0.15, -0.1) is 0 Å². The van der Waals surface area contributed by atoms with Gasteiger partial charge < -0.3 is 11.5 Å². The van der Waals surface area contributed by atoms with Gasteiger partial charge in [0.05, 0.1) is 15.1 Å². The lowest BCUT2D eigenvalue weighted by Gasteiger charge is -2.23. The summed E-state index contributed by atoms with van der Waals surface area (Å²) in [5.41, 5.74) is 11.9. The quantitative estimate of drug-likeness (QED) is 0.800. The molecule has 0 fully saturated rings. The van der Waals surface area contributed by atoms with Gasteiger partial charge in [0.2, 0.25) is 10.0 Å². The van der Waals surface area contributed by atoms with Gasteiger partial charge in [0.15, 0.2) is 5.13 Å². The smallest absolute Gasteiger partial charge is 0.243 e. The van der Waals surface area contributed by atoms with E-state index in [0.29, 0.717) is 31.2 Å². The van der Waals surface area contributed by atoms with Crippen LogP contribution >= 0.6 is 11.3 Å². The average molecular weight is 342 g/mol. The molecule has 0 bridgehead atoms. The van der Waals surface area contributed by atoms with Crippen molar-refractivity contribution in [2.45, 2.75) is 25.2 Å². The molecule has 1 aromatic heterocycles. The van der Waals surface area contributed by atoms with E-state index in [9.17, 15) is 8.42 Å². The van der Waals surface area contributed by atoms with Gasteiger partial charge in [-0.3, -0.25) is 0 Å². The van der Waals surface area contributed by atoms with Crippen molar-refractivity contribution in [3.63, 3.8) is 0 Å². The van der Waals surface area contributed by atoms with Crippen LogP contribution in [0.25, 0.3) is 10.2 Å². The van der Waals surface area contributed by atoms with Gasteiger partial charge in [0, 0.05) is 13.1 Å². The highest BCUT2D eigenvalue weighted by molar-refractivity contribution is 7.89. The van der Waals surface area contributed by atoms with Crippen LogP contribution in [0.2, 0.25) is 0 Å². The Morgan fingerprint density at radius 3 is 2.73 bits per heavy atom. The maximum Gasteiger partial charge on any atom is 0.243 e. The van der Waals surface area contributed by atoms with E-state index in [4.69, 9.17) is 11.5 Å². The van der Waals surface area contributed by atoms with E-state index in [1.165, 1.54) is 15.6 Å². The Balaban J connectivity index is 2.38. The van der Waals surface area contributed by atoms with Crippen LogP contribution in [-0.4, -0.2) is 37.3 Å². The maximum absolute atomic E-state index is 12.9. The molecular formula is C14H22N4O2S2. The van der Waals surface area contributed by atoms with Crippen LogP contribution in [0.3, 0.4) is 0 Å². The summed E-state index contributed by atoms with van der Waals surface area (Å²) in [6, 6.07) is 4.94. The van der Waals surface area contributed by atoms with Crippen LogP contribution in [0, 0.1) is 5.92 Å². The fraction of sp³-hybridized carbons (Fsp3) is 0.500. The Labute approximate surface area is 135 Å². The first kappa shape index (κ1) is 17.1. The second-order valence-corrected chi connectivity index (χ2v) is 8.58. The lowest BCUT2D eigenvalue weighted by molar-refractivity contribution is 0.364. The molecule has 0 aliphatic heterocycles.